The first-order valence-corrected chi connectivity index (χ1v) is 9.74. The van der Waals surface area contributed by atoms with Gasteiger partial charge in [-0.15, -0.1) is 0 Å². The second kappa shape index (κ2) is 8.19. The summed E-state index contributed by atoms with van der Waals surface area (Å²) in [4.78, 5) is 11.8. The lowest BCUT2D eigenvalue weighted by molar-refractivity contribution is 0.239. The van der Waals surface area contributed by atoms with Crippen molar-refractivity contribution in [2.24, 2.45) is 5.92 Å². The SMILES string of the molecule is CCCOc1cccc(CNC(=O)NC[C@@H]2CCS(=O)(=O)C2)c1. The highest BCUT2D eigenvalue weighted by Crippen LogP contribution is 2.17. The summed E-state index contributed by atoms with van der Waals surface area (Å²) < 4.78 is 28.3. The molecule has 2 N–H and O–H groups in total. The van der Waals surface area contributed by atoms with Crippen LogP contribution in [0.3, 0.4) is 0 Å². The van der Waals surface area contributed by atoms with Crippen molar-refractivity contribution in [2.75, 3.05) is 24.7 Å². The number of carbonyl (C=O) groups is 1. The van der Waals surface area contributed by atoms with Gasteiger partial charge in [0.25, 0.3) is 0 Å². The summed E-state index contributed by atoms with van der Waals surface area (Å²) in [6.07, 6.45) is 1.57. The van der Waals surface area contributed by atoms with Crippen LogP contribution < -0.4 is 15.4 Å². The summed E-state index contributed by atoms with van der Waals surface area (Å²) in [6.45, 7) is 3.51. The number of ether oxygens (including phenoxy) is 1. The molecule has 128 valence electrons. The van der Waals surface area contributed by atoms with Crippen molar-refractivity contribution in [1.29, 1.82) is 0 Å². The summed E-state index contributed by atoms with van der Waals surface area (Å²) in [5.74, 6) is 1.22. The monoisotopic (exact) mass is 340 g/mol. The van der Waals surface area contributed by atoms with E-state index in [0.29, 0.717) is 26.1 Å². The van der Waals surface area contributed by atoms with E-state index in [4.69, 9.17) is 4.74 Å². The molecule has 6 nitrogen and oxygen atoms in total. The molecule has 1 atom stereocenters. The lowest BCUT2D eigenvalue weighted by Gasteiger charge is -2.11. The third kappa shape index (κ3) is 6.09. The highest BCUT2D eigenvalue weighted by molar-refractivity contribution is 7.91. The highest BCUT2D eigenvalue weighted by Gasteiger charge is 2.27. The summed E-state index contributed by atoms with van der Waals surface area (Å²) >= 11 is 0. The van der Waals surface area contributed by atoms with Gasteiger partial charge in [0.15, 0.2) is 9.84 Å². The maximum atomic E-state index is 11.8. The minimum atomic E-state index is -2.90. The zero-order valence-electron chi connectivity index (χ0n) is 13.4. The Bertz CT molecular complexity index is 631. The molecule has 0 aliphatic carbocycles. The largest absolute Gasteiger partial charge is 0.494 e. The van der Waals surface area contributed by atoms with E-state index < -0.39 is 9.84 Å². The number of hydrogen-bond acceptors (Lipinski definition) is 4. The van der Waals surface area contributed by atoms with Gasteiger partial charge >= 0.3 is 6.03 Å². The predicted molar refractivity (Wildman–Crippen MR) is 89.2 cm³/mol. The Morgan fingerprint density at radius 2 is 2.17 bits per heavy atom. The smallest absolute Gasteiger partial charge is 0.315 e. The van der Waals surface area contributed by atoms with Crippen molar-refractivity contribution in [1.82, 2.24) is 10.6 Å². The predicted octanol–water partition coefficient (Wildman–Crippen LogP) is 1.71. The molecule has 0 bridgehead atoms. The molecule has 2 rings (SSSR count). The first-order valence-electron chi connectivity index (χ1n) is 7.92. The van der Waals surface area contributed by atoms with E-state index in [1.54, 1.807) is 0 Å². The number of carbonyl (C=O) groups excluding carboxylic acids is 1. The third-order valence-corrected chi connectivity index (χ3v) is 5.54. The molecule has 0 aromatic heterocycles. The van der Waals surface area contributed by atoms with Gasteiger partial charge in [0, 0.05) is 13.1 Å². The Labute approximate surface area is 137 Å². The average molecular weight is 340 g/mol. The lowest BCUT2D eigenvalue weighted by Crippen LogP contribution is -2.38. The van der Waals surface area contributed by atoms with Crippen LogP contribution in [0, 0.1) is 5.92 Å². The highest BCUT2D eigenvalue weighted by atomic mass is 32.2. The Hall–Kier alpha value is -1.76. The fourth-order valence-corrected chi connectivity index (χ4v) is 4.34. The maximum absolute atomic E-state index is 11.8. The van der Waals surface area contributed by atoms with Gasteiger partial charge in [0.2, 0.25) is 0 Å². The molecular weight excluding hydrogens is 316 g/mol. The van der Waals surface area contributed by atoms with Crippen LogP contribution in [-0.2, 0) is 16.4 Å². The van der Waals surface area contributed by atoms with Crippen LogP contribution in [0.4, 0.5) is 4.79 Å². The zero-order chi connectivity index (χ0) is 16.7. The minimum Gasteiger partial charge on any atom is -0.494 e. The van der Waals surface area contributed by atoms with E-state index >= 15 is 0 Å². The Kier molecular flexibility index (Phi) is 6.27. The quantitative estimate of drug-likeness (QED) is 0.791. The number of nitrogens with one attached hydrogen (secondary N) is 2. The number of hydrogen-bond donors (Lipinski definition) is 2. The van der Waals surface area contributed by atoms with Crippen molar-refractivity contribution in [3.63, 3.8) is 0 Å². The second-order valence-corrected chi connectivity index (χ2v) is 8.06. The molecule has 1 aliphatic heterocycles. The standard InChI is InChI=1S/C16H24N2O4S/c1-2-7-22-15-5-3-4-13(9-15)10-17-16(19)18-11-14-6-8-23(20,21)12-14/h3-5,9,14H,2,6-8,10-12H2,1H3,(H2,17,18,19)/t14-/m0/s1. The summed E-state index contributed by atoms with van der Waals surface area (Å²) in [7, 11) is -2.90. The fourth-order valence-electron chi connectivity index (χ4n) is 2.48. The number of amides is 2. The zero-order valence-corrected chi connectivity index (χ0v) is 14.2. The van der Waals surface area contributed by atoms with Crippen LogP contribution >= 0.6 is 0 Å². The Balaban J connectivity index is 1.72. The first kappa shape index (κ1) is 17.6. The Morgan fingerprint density at radius 3 is 2.87 bits per heavy atom. The lowest BCUT2D eigenvalue weighted by atomic mass is 10.1. The van der Waals surface area contributed by atoms with E-state index in [1.807, 2.05) is 31.2 Å². The van der Waals surface area contributed by atoms with E-state index in [9.17, 15) is 13.2 Å². The molecule has 1 aromatic rings. The van der Waals surface area contributed by atoms with E-state index in [-0.39, 0.29) is 23.5 Å². The minimum absolute atomic E-state index is 0.0246. The number of urea groups is 1. The van der Waals surface area contributed by atoms with Crippen LogP contribution in [0.5, 0.6) is 5.75 Å². The Morgan fingerprint density at radius 1 is 1.35 bits per heavy atom. The van der Waals surface area contributed by atoms with Crippen molar-refractivity contribution in [3.05, 3.63) is 29.8 Å². The number of rotatable bonds is 7. The first-order chi connectivity index (χ1) is 11.0. The molecule has 0 saturated carbocycles. The van der Waals surface area contributed by atoms with Crippen molar-refractivity contribution >= 4 is 15.9 Å². The molecule has 2 amide bonds. The summed E-state index contributed by atoms with van der Waals surface area (Å²) in [5, 5.41) is 5.51. The maximum Gasteiger partial charge on any atom is 0.315 e. The summed E-state index contributed by atoms with van der Waals surface area (Å²) in [5.41, 5.74) is 0.956. The number of sulfone groups is 1. The topological polar surface area (TPSA) is 84.5 Å². The molecule has 23 heavy (non-hydrogen) atoms. The average Bonchev–Trinajstić information content (AvgIpc) is 2.88. The van der Waals surface area contributed by atoms with E-state index in [2.05, 4.69) is 10.6 Å². The van der Waals surface area contributed by atoms with Crippen LogP contribution in [0.2, 0.25) is 0 Å². The molecule has 1 fully saturated rings. The third-order valence-electron chi connectivity index (χ3n) is 3.70. The van der Waals surface area contributed by atoms with E-state index in [1.165, 1.54) is 0 Å². The van der Waals surface area contributed by atoms with Gasteiger partial charge < -0.3 is 15.4 Å². The van der Waals surface area contributed by atoms with Crippen LogP contribution in [-0.4, -0.2) is 39.1 Å². The molecule has 0 unspecified atom stereocenters. The molecule has 7 heteroatoms. The van der Waals surface area contributed by atoms with Crippen molar-refractivity contribution in [3.8, 4) is 5.75 Å². The molecule has 1 aliphatic rings. The van der Waals surface area contributed by atoms with Gasteiger partial charge in [-0.2, -0.15) is 0 Å². The number of benzene rings is 1. The van der Waals surface area contributed by atoms with Gasteiger partial charge in [0.1, 0.15) is 5.75 Å². The molecule has 0 spiro atoms. The summed E-state index contributed by atoms with van der Waals surface area (Å²) in [6, 6.07) is 7.32. The fraction of sp³-hybridized carbons (Fsp3) is 0.562. The van der Waals surface area contributed by atoms with Gasteiger partial charge in [-0.3, -0.25) is 0 Å². The van der Waals surface area contributed by atoms with Gasteiger partial charge in [-0.05, 0) is 36.5 Å². The van der Waals surface area contributed by atoms with Gasteiger partial charge in [-0.25, -0.2) is 13.2 Å². The van der Waals surface area contributed by atoms with Gasteiger partial charge in [0.05, 0.1) is 18.1 Å². The van der Waals surface area contributed by atoms with Crippen molar-refractivity contribution in [2.45, 2.75) is 26.3 Å². The van der Waals surface area contributed by atoms with Gasteiger partial charge in [-0.1, -0.05) is 19.1 Å². The molecule has 1 saturated heterocycles. The second-order valence-electron chi connectivity index (χ2n) is 5.83. The van der Waals surface area contributed by atoms with Crippen LogP contribution in [0.25, 0.3) is 0 Å². The molecule has 1 heterocycles. The van der Waals surface area contributed by atoms with E-state index in [0.717, 1.165) is 17.7 Å². The molecule has 1 aromatic carbocycles. The normalized spacial score (nSPS) is 19.3. The van der Waals surface area contributed by atoms with Crippen LogP contribution in [0.1, 0.15) is 25.3 Å². The molecule has 0 radical (unpaired) electrons. The van der Waals surface area contributed by atoms with Crippen molar-refractivity contribution < 1.29 is 17.9 Å². The van der Waals surface area contributed by atoms with Crippen LogP contribution in [0.15, 0.2) is 24.3 Å². The molecular formula is C16H24N2O4S.